The summed E-state index contributed by atoms with van der Waals surface area (Å²) in [5, 5.41) is 2.40. The smallest absolute Gasteiger partial charge is 0.244 e. The van der Waals surface area contributed by atoms with Crippen LogP contribution in [0.3, 0.4) is 0 Å². The highest BCUT2D eigenvalue weighted by molar-refractivity contribution is 9.10. The number of carbonyl (C=O) groups excluding carboxylic acids is 1. The Kier molecular flexibility index (Phi) is 5.66. The van der Waals surface area contributed by atoms with Gasteiger partial charge in [0.2, 0.25) is 15.9 Å². The monoisotopic (exact) mass is 351 g/mol. The maximum Gasteiger partial charge on any atom is 0.244 e. The van der Waals surface area contributed by atoms with Crippen LogP contribution in [0.1, 0.15) is 6.42 Å². The Labute approximate surface area is 119 Å². The third kappa shape index (κ3) is 4.42. The van der Waals surface area contributed by atoms with Crippen LogP contribution in [0.4, 0.5) is 5.82 Å². The fourth-order valence-electron chi connectivity index (χ4n) is 1.24. The van der Waals surface area contributed by atoms with Gasteiger partial charge in [-0.3, -0.25) is 4.79 Å². The van der Waals surface area contributed by atoms with Gasteiger partial charge in [-0.05, 0) is 22.0 Å². The summed E-state index contributed by atoms with van der Waals surface area (Å²) in [6.07, 6.45) is 1.46. The Morgan fingerprint density at radius 3 is 2.79 bits per heavy atom. The number of rotatable bonds is 6. The van der Waals surface area contributed by atoms with E-state index in [9.17, 15) is 13.2 Å². The van der Waals surface area contributed by atoms with E-state index in [4.69, 9.17) is 5.84 Å². The van der Waals surface area contributed by atoms with Gasteiger partial charge in [0.1, 0.15) is 4.90 Å². The molecule has 0 bridgehead atoms. The number of hydrazine groups is 1. The molecular weight excluding hydrogens is 338 g/mol. The van der Waals surface area contributed by atoms with E-state index in [0.29, 0.717) is 4.47 Å². The Bertz CT molecular complexity index is 563. The van der Waals surface area contributed by atoms with E-state index < -0.39 is 10.0 Å². The van der Waals surface area contributed by atoms with Crippen LogP contribution in [0.5, 0.6) is 0 Å². The molecule has 0 fully saturated rings. The lowest BCUT2D eigenvalue weighted by Crippen LogP contribution is -2.30. The number of nitrogen functional groups attached to an aromatic ring is 1. The minimum Gasteiger partial charge on any atom is -0.359 e. The molecule has 8 nitrogen and oxygen atoms in total. The molecule has 5 N–H and O–H groups in total. The van der Waals surface area contributed by atoms with Crippen molar-refractivity contribution in [1.29, 1.82) is 0 Å². The van der Waals surface area contributed by atoms with Gasteiger partial charge in [0.15, 0.2) is 5.82 Å². The van der Waals surface area contributed by atoms with Crippen molar-refractivity contribution in [2.45, 2.75) is 11.3 Å². The van der Waals surface area contributed by atoms with Gasteiger partial charge in [-0.15, -0.1) is 0 Å². The summed E-state index contributed by atoms with van der Waals surface area (Å²) in [4.78, 5) is 14.8. The van der Waals surface area contributed by atoms with Crippen LogP contribution < -0.4 is 21.3 Å². The molecule has 1 aromatic rings. The number of nitrogens with two attached hydrogens (primary N) is 1. The molecule has 106 valence electrons. The summed E-state index contributed by atoms with van der Waals surface area (Å²) >= 11 is 3.13. The van der Waals surface area contributed by atoms with E-state index in [2.05, 4.69) is 36.4 Å². The molecule has 0 atom stereocenters. The second kappa shape index (κ2) is 6.80. The van der Waals surface area contributed by atoms with Crippen LogP contribution >= 0.6 is 15.9 Å². The van der Waals surface area contributed by atoms with Crippen LogP contribution in [0.25, 0.3) is 0 Å². The van der Waals surface area contributed by atoms with Crippen molar-refractivity contribution < 1.29 is 13.2 Å². The number of halogens is 1. The summed E-state index contributed by atoms with van der Waals surface area (Å²) in [6.45, 7) is -0.0153. The highest BCUT2D eigenvalue weighted by Crippen LogP contribution is 2.21. The number of sulfonamides is 1. The standard InChI is InChI=1S/C9H14BrN5O3S/c1-12-8(16)2-3-14-19(17,18)7-4-6(10)5-13-9(7)15-11/h4-5,14H,2-3,11H2,1H3,(H,12,16)(H,13,15). The number of hydrogen-bond acceptors (Lipinski definition) is 6. The lowest BCUT2D eigenvalue weighted by atomic mass is 10.4. The van der Waals surface area contributed by atoms with Gasteiger partial charge in [-0.25, -0.2) is 24.0 Å². The van der Waals surface area contributed by atoms with Gasteiger partial charge >= 0.3 is 0 Å². The first-order valence-corrected chi connectivity index (χ1v) is 7.50. The molecular formula is C9H14BrN5O3S. The lowest BCUT2D eigenvalue weighted by Gasteiger charge is -2.10. The summed E-state index contributed by atoms with van der Waals surface area (Å²) in [6, 6.07) is 1.37. The van der Waals surface area contributed by atoms with Crippen molar-refractivity contribution in [3.8, 4) is 0 Å². The zero-order chi connectivity index (χ0) is 14.5. The number of hydrogen-bond donors (Lipinski definition) is 4. The van der Waals surface area contributed by atoms with Crippen molar-refractivity contribution in [2.75, 3.05) is 19.0 Å². The van der Waals surface area contributed by atoms with Gasteiger partial charge in [0.05, 0.1) is 0 Å². The van der Waals surface area contributed by atoms with Gasteiger partial charge in [0, 0.05) is 30.7 Å². The van der Waals surface area contributed by atoms with Crippen LogP contribution in [0, 0.1) is 0 Å². The SMILES string of the molecule is CNC(=O)CCNS(=O)(=O)c1cc(Br)cnc1NN. The topological polar surface area (TPSA) is 126 Å². The van der Waals surface area contributed by atoms with E-state index in [1.807, 2.05) is 0 Å². The molecule has 1 aromatic heterocycles. The number of anilines is 1. The molecule has 0 unspecified atom stereocenters. The van der Waals surface area contributed by atoms with Crippen molar-refractivity contribution in [1.82, 2.24) is 15.0 Å². The first-order valence-electron chi connectivity index (χ1n) is 5.23. The lowest BCUT2D eigenvalue weighted by molar-refractivity contribution is -0.120. The van der Waals surface area contributed by atoms with Gasteiger partial charge < -0.3 is 10.7 Å². The second-order valence-corrected chi connectivity index (χ2v) is 6.12. The molecule has 0 aromatic carbocycles. The third-order valence-electron chi connectivity index (χ3n) is 2.17. The summed E-state index contributed by atoms with van der Waals surface area (Å²) in [5.74, 6) is 4.98. The predicted octanol–water partition coefficient (Wildman–Crippen LogP) is -0.456. The molecule has 0 radical (unpaired) electrons. The maximum absolute atomic E-state index is 12.0. The van der Waals surface area contributed by atoms with E-state index >= 15 is 0 Å². The third-order valence-corrected chi connectivity index (χ3v) is 4.08. The second-order valence-electron chi connectivity index (χ2n) is 3.47. The zero-order valence-electron chi connectivity index (χ0n) is 10.1. The number of aromatic nitrogens is 1. The minimum atomic E-state index is -3.79. The predicted molar refractivity (Wildman–Crippen MR) is 73.6 cm³/mol. The Morgan fingerprint density at radius 1 is 1.53 bits per heavy atom. The van der Waals surface area contributed by atoms with E-state index in [1.54, 1.807) is 0 Å². The normalized spacial score (nSPS) is 11.1. The molecule has 10 heteroatoms. The molecule has 1 rings (SSSR count). The van der Waals surface area contributed by atoms with Crippen LogP contribution in [-0.2, 0) is 14.8 Å². The minimum absolute atomic E-state index is 0.0153. The van der Waals surface area contributed by atoms with Crippen LogP contribution in [-0.4, -0.2) is 32.9 Å². The first-order chi connectivity index (χ1) is 8.90. The van der Waals surface area contributed by atoms with Crippen molar-refractivity contribution in [3.05, 3.63) is 16.7 Å². The number of carbonyl (C=O) groups is 1. The fourth-order valence-corrected chi connectivity index (χ4v) is 2.89. The van der Waals surface area contributed by atoms with Crippen LogP contribution in [0.15, 0.2) is 21.6 Å². The number of pyridine rings is 1. The quantitative estimate of drug-likeness (QED) is 0.406. The summed E-state index contributed by atoms with van der Waals surface area (Å²) in [5.41, 5.74) is 2.21. The molecule has 0 aliphatic heterocycles. The Balaban J connectivity index is 2.88. The Hall–Kier alpha value is -1.23. The molecule has 0 aliphatic rings. The Morgan fingerprint density at radius 2 is 2.21 bits per heavy atom. The van der Waals surface area contributed by atoms with Crippen LogP contribution in [0.2, 0.25) is 0 Å². The number of nitrogens with one attached hydrogen (secondary N) is 3. The van der Waals surface area contributed by atoms with E-state index in [1.165, 1.54) is 19.3 Å². The fraction of sp³-hybridized carbons (Fsp3) is 0.333. The van der Waals surface area contributed by atoms with Crippen molar-refractivity contribution >= 4 is 37.7 Å². The largest absolute Gasteiger partial charge is 0.359 e. The highest BCUT2D eigenvalue weighted by atomic mass is 79.9. The molecule has 0 saturated carbocycles. The molecule has 0 spiro atoms. The maximum atomic E-state index is 12.0. The average Bonchev–Trinajstić information content (AvgIpc) is 2.38. The molecule has 0 saturated heterocycles. The van der Waals surface area contributed by atoms with Crippen molar-refractivity contribution in [3.63, 3.8) is 0 Å². The summed E-state index contributed by atoms with van der Waals surface area (Å²) < 4.78 is 26.9. The van der Waals surface area contributed by atoms with Crippen molar-refractivity contribution in [2.24, 2.45) is 5.84 Å². The zero-order valence-corrected chi connectivity index (χ0v) is 12.5. The highest BCUT2D eigenvalue weighted by Gasteiger charge is 2.19. The molecule has 1 amide bonds. The van der Waals surface area contributed by atoms with Gasteiger partial charge in [-0.1, -0.05) is 0 Å². The summed E-state index contributed by atoms with van der Waals surface area (Å²) in [7, 11) is -2.32. The van der Waals surface area contributed by atoms with E-state index in [0.717, 1.165) is 0 Å². The average molecular weight is 352 g/mol. The van der Waals surface area contributed by atoms with Gasteiger partial charge in [-0.2, -0.15) is 0 Å². The number of amides is 1. The van der Waals surface area contributed by atoms with Gasteiger partial charge in [0.25, 0.3) is 0 Å². The molecule has 19 heavy (non-hydrogen) atoms. The van der Waals surface area contributed by atoms with E-state index in [-0.39, 0.29) is 29.6 Å². The first kappa shape index (κ1) is 15.8. The molecule has 0 aliphatic carbocycles. The molecule has 1 heterocycles. The number of nitrogens with zero attached hydrogens (tertiary/aromatic N) is 1.